The Balaban J connectivity index is 1.78. The van der Waals surface area contributed by atoms with Crippen LogP contribution in [0.4, 0.5) is 5.69 Å². The smallest absolute Gasteiger partial charge is 0.0582 e. The molecule has 0 bridgehead atoms. The molecule has 144 valence electrons. The predicted molar refractivity (Wildman–Crippen MR) is 127 cm³/mol. The van der Waals surface area contributed by atoms with Crippen molar-refractivity contribution in [2.24, 2.45) is 0 Å². The van der Waals surface area contributed by atoms with Gasteiger partial charge >= 0.3 is 0 Å². The Bertz CT molecular complexity index is 1500. The number of anilines is 1. The molecule has 0 amide bonds. The zero-order valence-corrected chi connectivity index (χ0v) is 17.2. The second kappa shape index (κ2) is 5.90. The SMILES string of the molecule is CC1(C)c2ccccc2-n2c3cc(N)c(C4=CC=CCC#C4)cc3c3cccc1c32. The van der Waals surface area contributed by atoms with E-state index in [9.17, 15) is 0 Å². The van der Waals surface area contributed by atoms with Crippen LogP contribution in [-0.2, 0) is 5.41 Å². The normalized spacial score (nSPS) is 16.0. The summed E-state index contributed by atoms with van der Waals surface area (Å²) >= 11 is 0. The summed E-state index contributed by atoms with van der Waals surface area (Å²) < 4.78 is 2.40. The first-order chi connectivity index (χ1) is 14.6. The minimum absolute atomic E-state index is 0.0606. The van der Waals surface area contributed by atoms with Gasteiger partial charge in [0.15, 0.2) is 0 Å². The van der Waals surface area contributed by atoms with Gasteiger partial charge in [-0.3, -0.25) is 0 Å². The van der Waals surface area contributed by atoms with Crippen LogP contribution in [0.5, 0.6) is 0 Å². The number of benzene rings is 3. The van der Waals surface area contributed by atoms with Gasteiger partial charge in [0.2, 0.25) is 0 Å². The van der Waals surface area contributed by atoms with E-state index in [2.05, 4.69) is 103 Å². The van der Waals surface area contributed by atoms with Crippen LogP contribution >= 0.6 is 0 Å². The second-order valence-electron chi connectivity index (χ2n) is 8.65. The van der Waals surface area contributed by atoms with Crippen LogP contribution in [0, 0.1) is 11.8 Å². The molecule has 2 N–H and O–H groups in total. The largest absolute Gasteiger partial charge is 0.398 e. The van der Waals surface area contributed by atoms with Crippen molar-refractivity contribution in [3.63, 3.8) is 0 Å². The molecule has 0 unspecified atom stereocenters. The summed E-state index contributed by atoms with van der Waals surface area (Å²) in [6.07, 6.45) is 6.98. The molecule has 2 aliphatic rings. The van der Waals surface area contributed by atoms with Crippen LogP contribution < -0.4 is 5.73 Å². The summed E-state index contributed by atoms with van der Waals surface area (Å²) in [5.74, 6) is 6.49. The molecule has 1 aliphatic heterocycles. The Morgan fingerprint density at radius 1 is 0.967 bits per heavy atom. The van der Waals surface area contributed by atoms with Crippen LogP contribution in [0.2, 0.25) is 0 Å². The number of allylic oxidation sites excluding steroid dienone is 4. The number of nitrogen functional groups attached to an aromatic ring is 1. The first-order valence-corrected chi connectivity index (χ1v) is 10.4. The van der Waals surface area contributed by atoms with Gasteiger partial charge in [-0.25, -0.2) is 0 Å². The zero-order chi connectivity index (χ0) is 20.5. The average Bonchev–Trinajstić information content (AvgIpc) is 2.90. The molecule has 4 aromatic rings. The third-order valence-corrected chi connectivity index (χ3v) is 6.58. The second-order valence-corrected chi connectivity index (χ2v) is 8.65. The highest BCUT2D eigenvalue weighted by atomic mass is 15.0. The fourth-order valence-electron chi connectivity index (χ4n) is 5.09. The maximum absolute atomic E-state index is 6.60. The molecule has 1 aromatic heterocycles. The summed E-state index contributed by atoms with van der Waals surface area (Å²) in [6.45, 7) is 4.64. The molecular formula is C28H22N2. The number of para-hydroxylation sites is 2. The number of rotatable bonds is 1. The van der Waals surface area contributed by atoms with Crippen molar-refractivity contribution in [2.75, 3.05) is 5.73 Å². The average molecular weight is 386 g/mol. The van der Waals surface area contributed by atoms with Crippen LogP contribution in [0.15, 0.2) is 72.8 Å². The highest BCUT2D eigenvalue weighted by Crippen LogP contribution is 2.48. The first kappa shape index (κ1) is 17.2. The molecule has 0 saturated carbocycles. The van der Waals surface area contributed by atoms with E-state index >= 15 is 0 Å². The molecule has 0 spiro atoms. The van der Waals surface area contributed by atoms with Gasteiger partial charge in [0.1, 0.15) is 0 Å². The van der Waals surface area contributed by atoms with Gasteiger partial charge < -0.3 is 10.3 Å². The highest BCUT2D eigenvalue weighted by Gasteiger charge is 2.34. The van der Waals surface area contributed by atoms with Gasteiger partial charge in [-0.2, -0.15) is 0 Å². The fraction of sp³-hybridized carbons (Fsp3) is 0.143. The minimum atomic E-state index is -0.0606. The van der Waals surface area contributed by atoms with Gasteiger partial charge in [-0.1, -0.05) is 74.2 Å². The number of nitrogens with two attached hydrogens (primary N) is 1. The lowest BCUT2D eigenvalue weighted by atomic mass is 9.75. The van der Waals surface area contributed by atoms with Crippen LogP contribution in [0.25, 0.3) is 33.1 Å². The van der Waals surface area contributed by atoms with Crippen molar-refractivity contribution in [3.05, 3.63) is 89.5 Å². The van der Waals surface area contributed by atoms with Crippen LogP contribution in [0.3, 0.4) is 0 Å². The third-order valence-electron chi connectivity index (χ3n) is 6.58. The Labute approximate surface area is 176 Å². The fourth-order valence-corrected chi connectivity index (χ4v) is 5.09. The molecule has 0 atom stereocenters. The van der Waals surface area contributed by atoms with Crippen LogP contribution in [0.1, 0.15) is 37.0 Å². The van der Waals surface area contributed by atoms with E-state index in [1.165, 1.54) is 33.1 Å². The summed E-state index contributed by atoms with van der Waals surface area (Å²) in [6, 6.07) is 19.8. The molecule has 2 heteroatoms. The van der Waals surface area contributed by atoms with E-state index in [-0.39, 0.29) is 5.41 Å². The molecule has 2 nitrogen and oxygen atoms in total. The number of fused-ring (bicyclic) bond motifs is 5. The predicted octanol–water partition coefficient (Wildman–Crippen LogP) is 6.35. The first-order valence-electron chi connectivity index (χ1n) is 10.4. The van der Waals surface area contributed by atoms with Crippen molar-refractivity contribution in [2.45, 2.75) is 25.7 Å². The topological polar surface area (TPSA) is 30.9 Å². The van der Waals surface area contributed by atoms with Crippen molar-refractivity contribution >= 4 is 33.1 Å². The summed E-state index contributed by atoms with van der Waals surface area (Å²) in [4.78, 5) is 0. The van der Waals surface area contributed by atoms with Gasteiger partial charge in [0, 0.05) is 39.4 Å². The molecule has 30 heavy (non-hydrogen) atoms. The van der Waals surface area contributed by atoms with E-state index in [1.54, 1.807) is 0 Å². The summed E-state index contributed by atoms with van der Waals surface area (Å²) in [7, 11) is 0. The maximum atomic E-state index is 6.60. The minimum Gasteiger partial charge on any atom is -0.398 e. The van der Waals surface area contributed by atoms with E-state index in [4.69, 9.17) is 5.73 Å². The summed E-state index contributed by atoms with van der Waals surface area (Å²) in [5, 5.41) is 2.49. The lowest BCUT2D eigenvalue weighted by Gasteiger charge is -2.34. The van der Waals surface area contributed by atoms with E-state index < -0.39 is 0 Å². The molecule has 2 heterocycles. The van der Waals surface area contributed by atoms with Crippen molar-refractivity contribution in [1.29, 1.82) is 0 Å². The number of hydrogen-bond donors (Lipinski definition) is 1. The van der Waals surface area contributed by atoms with Gasteiger partial charge in [-0.05, 0) is 35.4 Å². The van der Waals surface area contributed by atoms with Gasteiger partial charge in [-0.15, -0.1) is 0 Å². The van der Waals surface area contributed by atoms with Crippen LogP contribution in [-0.4, -0.2) is 4.57 Å². The van der Waals surface area contributed by atoms with Gasteiger partial charge in [0.05, 0.1) is 16.7 Å². The highest BCUT2D eigenvalue weighted by molar-refractivity contribution is 6.13. The Morgan fingerprint density at radius 2 is 1.80 bits per heavy atom. The lowest BCUT2D eigenvalue weighted by molar-refractivity contribution is 0.630. The third kappa shape index (κ3) is 2.15. The monoisotopic (exact) mass is 386 g/mol. The molecule has 1 aliphatic carbocycles. The Kier molecular flexibility index (Phi) is 3.38. The number of nitrogens with zero attached hydrogens (tertiary/aromatic N) is 1. The van der Waals surface area contributed by atoms with E-state index in [0.29, 0.717) is 0 Å². The van der Waals surface area contributed by atoms with Gasteiger partial charge in [0.25, 0.3) is 0 Å². The maximum Gasteiger partial charge on any atom is 0.0582 e. The van der Waals surface area contributed by atoms with Crippen molar-refractivity contribution in [1.82, 2.24) is 4.57 Å². The molecular weight excluding hydrogens is 364 g/mol. The Hall–Kier alpha value is -3.70. The van der Waals surface area contributed by atoms with E-state index in [1.807, 2.05) is 0 Å². The summed E-state index contributed by atoms with van der Waals surface area (Å²) in [5.41, 5.74) is 15.7. The molecule has 0 radical (unpaired) electrons. The number of aromatic nitrogens is 1. The van der Waals surface area contributed by atoms with Crippen molar-refractivity contribution < 1.29 is 0 Å². The zero-order valence-electron chi connectivity index (χ0n) is 17.2. The number of hydrogen-bond acceptors (Lipinski definition) is 1. The lowest BCUT2D eigenvalue weighted by Crippen LogP contribution is -2.26. The molecule has 0 fully saturated rings. The molecule has 0 saturated heterocycles. The quantitative estimate of drug-likeness (QED) is 0.300. The van der Waals surface area contributed by atoms with E-state index in [0.717, 1.165) is 28.8 Å². The van der Waals surface area contributed by atoms with Crippen molar-refractivity contribution in [3.8, 4) is 17.5 Å². The Morgan fingerprint density at radius 3 is 2.70 bits per heavy atom. The molecule has 3 aromatic carbocycles. The standard InChI is InChI=1S/C28H22N2/c1-28(2)22-13-7-8-15-25(22)30-26-17-24(29)20(18-10-5-3-4-6-11-18)16-21(26)19-12-9-14-23(28)27(19)30/h3,5,7-10,12-17H,4,29H2,1-2H3. The molecule has 6 rings (SSSR count).